The molecule has 2 aromatic heterocycles. The van der Waals surface area contributed by atoms with Crippen LogP contribution in [0, 0.1) is 12.7 Å². The first kappa shape index (κ1) is 20.0. The van der Waals surface area contributed by atoms with Gasteiger partial charge >= 0.3 is 5.97 Å². The highest BCUT2D eigenvalue weighted by molar-refractivity contribution is 7.20. The highest BCUT2D eigenvalue weighted by Crippen LogP contribution is 2.30. The number of anilines is 3. The van der Waals surface area contributed by atoms with Gasteiger partial charge in [-0.15, -0.1) is 11.3 Å². The zero-order valence-corrected chi connectivity index (χ0v) is 17.6. The average molecular weight is 442 g/mol. The minimum Gasteiger partial charge on any atom is -0.465 e. The molecule has 2 aromatic carbocycles. The van der Waals surface area contributed by atoms with Crippen LogP contribution >= 0.6 is 22.7 Å². The highest BCUT2D eigenvalue weighted by atomic mass is 32.1. The summed E-state index contributed by atoms with van der Waals surface area (Å²) in [5.41, 5.74) is 1.88. The standard InChI is InChI=1S/C21H16FN3O3S2/c1-11-18(30-21(23-11)25-14-5-3-13(22)4-6-14)19(26)24-15-7-8-16-12(9-15)10-17(29-16)20(27)28-2/h3-10H,1-2H3,(H,23,25)(H,24,26). The molecule has 0 atom stereocenters. The van der Waals surface area contributed by atoms with Crippen LogP contribution in [-0.4, -0.2) is 24.0 Å². The summed E-state index contributed by atoms with van der Waals surface area (Å²) in [5, 5.41) is 7.33. The first-order valence-corrected chi connectivity index (χ1v) is 10.5. The van der Waals surface area contributed by atoms with E-state index in [0.29, 0.717) is 32.0 Å². The molecule has 2 N–H and O–H groups in total. The van der Waals surface area contributed by atoms with Gasteiger partial charge in [0.2, 0.25) is 0 Å². The number of amides is 1. The molecule has 0 aliphatic rings. The van der Waals surface area contributed by atoms with Crippen molar-refractivity contribution in [2.45, 2.75) is 6.92 Å². The van der Waals surface area contributed by atoms with E-state index in [1.165, 1.54) is 41.9 Å². The van der Waals surface area contributed by atoms with Crippen LogP contribution in [0.4, 0.5) is 20.9 Å². The number of halogens is 1. The molecule has 0 unspecified atom stereocenters. The predicted molar refractivity (Wildman–Crippen MR) is 118 cm³/mol. The summed E-state index contributed by atoms with van der Waals surface area (Å²) in [4.78, 5) is 29.8. The molecule has 4 rings (SSSR count). The topological polar surface area (TPSA) is 80.3 Å². The molecule has 1 amide bonds. The third kappa shape index (κ3) is 4.17. The molecule has 0 aliphatic heterocycles. The summed E-state index contributed by atoms with van der Waals surface area (Å²) in [6, 6.07) is 13.1. The zero-order valence-electron chi connectivity index (χ0n) is 16.0. The summed E-state index contributed by atoms with van der Waals surface area (Å²) in [6.45, 7) is 1.76. The number of benzene rings is 2. The van der Waals surface area contributed by atoms with Crippen molar-refractivity contribution in [1.82, 2.24) is 4.98 Å². The van der Waals surface area contributed by atoms with Gasteiger partial charge in [-0.1, -0.05) is 11.3 Å². The first-order chi connectivity index (χ1) is 14.4. The molecule has 0 bridgehead atoms. The molecule has 0 saturated heterocycles. The molecule has 0 aliphatic carbocycles. The lowest BCUT2D eigenvalue weighted by Crippen LogP contribution is -2.11. The molecular formula is C21H16FN3O3S2. The Morgan fingerprint density at radius 3 is 2.50 bits per heavy atom. The fraction of sp³-hybridized carbons (Fsp3) is 0.0952. The van der Waals surface area contributed by atoms with Crippen molar-refractivity contribution in [3.8, 4) is 0 Å². The number of hydrogen-bond donors (Lipinski definition) is 2. The van der Waals surface area contributed by atoms with Gasteiger partial charge < -0.3 is 15.4 Å². The number of methoxy groups -OCH3 is 1. The Hall–Kier alpha value is -3.30. The second-order valence-electron chi connectivity index (χ2n) is 6.37. The van der Waals surface area contributed by atoms with Gasteiger partial charge in [-0.05, 0) is 60.8 Å². The van der Waals surface area contributed by atoms with Gasteiger partial charge in [0.25, 0.3) is 5.91 Å². The Morgan fingerprint density at radius 2 is 1.77 bits per heavy atom. The average Bonchev–Trinajstić information content (AvgIpc) is 3.32. The zero-order chi connectivity index (χ0) is 21.3. The van der Waals surface area contributed by atoms with E-state index in [9.17, 15) is 14.0 Å². The van der Waals surface area contributed by atoms with E-state index >= 15 is 0 Å². The van der Waals surface area contributed by atoms with Crippen molar-refractivity contribution in [3.05, 3.63) is 69.8 Å². The van der Waals surface area contributed by atoms with Crippen LogP contribution in [0.3, 0.4) is 0 Å². The van der Waals surface area contributed by atoms with Crippen molar-refractivity contribution < 1.29 is 18.7 Å². The van der Waals surface area contributed by atoms with E-state index in [1.54, 1.807) is 31.2 Å². The largest absolute Gasteiger partial charge is 0.465 e. The minimum absolute atomic E-state index is 0.278. The first-order valence-electron chi connectivity index (χ1n) is 8.86. The number of aryl methyl sites for hydroxylation is 1. The number of hydrogen-bond acceptors (Lipinski definition) is 7. The van der Waals surface area contributed by atoms with Gasteiger partial charge in [-0.2, -0.15) is 0 Å². The summed E-state index contributed by atoms with van der Waals surface area (Å²) in [7, 11) is 1.34. The van der Waals surface area contributed by atoms with Crippen molar-refractivity contribution in [3.63, 3.8) is 0 Å². The number of nitrogens with one attached hydrogen (secondary N) is 2. The van der Waals surface area contributed by atoms with Gasteiger partial charge in [-0.3, -0.25) is 4.79 Å². The maximum atomic E-state index is 13.0. The van der Waals surface area contributed by atoms with E-state index in [1.807, 2.05) is 12.1 Å². The Balaban J connectivity index is 1.51. The summed E-state index contributed by atoms with van der Waals surface area (Å²) in [6.07, 6.45) is 0. The number of fused-ring (bicyclic) bond motifs is 1. The number of ether oxygens (including phenoxy) is 1. The third-order valence-electron chi connectivity index (χ3n) is 4.26. The van der Waals surface area contributed by atoms with Crippen LogP contribution in [0.15, 0.2) is 48.5 Å². The van der Waals surface area contributed by atoms with Crippen LogP contribution in [-0.2, 0) is 4.74 Å². The van der Waals surface area contributed by atoms with Crippen LogP contribution < -0.4 is 10.6 Å². The molecule has 152 valence electrons. The quantitative estimate of drug-likeness (QED) is 0.395. The number of rotatable bonds is 5. The minimum atomic E-state index is -0.386. The Bertz CT molecular complexity index is 1250. The second-order valence-corrected chi connectivity index (χ2v) is 8.46. The van der Waals surface area contributed by atoms with Gasteiger partial charge in [0.05, 0.1) is 12.8 Å². The summed E-state index contributed by atoms with van der Waals surface area (Å²) in [5.74, 6) is -0.986. The molecule has 30 heavy (non-hydrogen) atoms. The van der Waals surface area contributed by atoms with Crippen molar-refractivity contribution in [2.24, 2.45) is 0 Å². The molecule has 0 fully saturated rings. The number of thiophene rings is 1. The molecule has 4 aromatic rings. The Morgan fingerprint density at radius 1 is 1.03 bits per heavy atom. The van der Waals surface area contributed by atoms with Crippen molar-refractivity contribution >= 4 is 61.1 Å². The number of aromatic nitrogens is 1. The maximum absolute atomic E-state index is 13.0. The number of carbonyl (C=O) groups excluding carboxylic acids is 2. The lowest BCUT2D eigenvalue weighted by atomic mass is 10.2. The predicted octanol–water partition coefficient (Wildman–Crippen LogP) is 5.59. The van der Waals surface area contributed by atoms with Gasteiger partial charge in [-0.25, -0.2) is 14.2 Å². The summed E-state index contributed by atoms with van der Waals surface area (Å²) >= 11 is 2.55. The van der Waals surface area contributed by atoms with Gasteiger partial charge in [0.15, 0.2) is 5.13 Å². The van der Waals surface area contributed by atoms with Crippen molar-refractivity contribution in [2.75, 3.05) is 17.7 Å². The molecule has 0 spiro atoms. The Kier molecular flexibility index (Phi) is 5.47. The number of esters is 1. The highest BCUT2D eigenvalue weighted by Gasteiger charge is 2.17. The number of nitrogens with zero attached hydrogens (tertiary/aromatic N) is 1. The molecule has 0 radical (unpaired) electrons. The fourth-order valence-corrected chi connectivity index (χ4v) is 4.67. The normalized spacial score (nSPS) is 10.8. The third-order valence-corrected chi connectivity index (χ3v) is 6.43. The molecule has 2 heterocycles. The molecule has 0 saturated carbocycles. The molecule has 9 heteroatoms. The van der Waals surface area contributed by atoms with Crippen LogP contribution in [0.2, 0.25) is 0 Å². The van der Waals surface area contributed by atoms with E-state index in [2.05, 4.69) is 15.6 Å². The van der Waals surface area contributed by atoms with E-state index < -0.39 is 0 Å². The number of carbonyl (C=O) groups is 2. The van der Waals surface area contributed by atoms with Crippen LogP contribution in [0.5, 0.6) is 0 Å². The Labute approximate surface area is 179 Å². The second kappa shape index (κ2) is 8.21. The SMILES string of the molecule is COC(=O)c1cc2cc(NC(=O)c3sc(Nc4ccc(F)cc4)nc3C)ccc2s1. The molecular weight excluding hydrogens is 425 g/mol. The van der Waals surface area contributed by atoms with Crippen LogP contribution in [0.1, 0.15) is 25.0 Å². The van der Waals surface area contributed by atoms with E-state index in [0.717, 1.165) is 10.1 Å². The molecule has 6 nitrogen and oxygen atoms in total. The lowest BCUT2D eigenvalue weighted by molar-refractivity contribution is 0.0606. The van der Waals surface area contributed by atoms with Crippen molar-refractivity contribution in [1.29, 1.82) is 0 Å². The lowest BCUT2D eigenvalue weighted by Gasteiger charge is -2.04. The van der Waals surface area contributed by atoms with Gasteiger partial charge in [0, 0.05) is 16.1 Å². The van der Waals surface area contributed by atoms with E-state index in [4.69, 9.17) is 4.74 Å². The smallest absolute Gasteiger partial charge is 0.348 e. The van der Waals surface area contributed by atoms with Gasteiger partial charge in [0.1, 0.15) is 15.6 Å². The summed E-state index contributed by atoms with van der Waals surface area (Å²) < 4.78 is 18.7. The fourth-order valence-electron chi connectivity index (χ4n) is 2.83. The van der Waals surface area contributed by atoms with E-state index in [-0.39, 0.29) is 17.7 Å². The van der Waals surface area contributed by atoms with Crippen LogP contribution in [0.25, 0.3) is 10.1 Å². The number of thiazole rings is 1. The maximum Gasteiger partial charge on any atom is 0.348 e. The monoisotopic (exact) mass is 441 g/mol.